The van der Waals surface area contributed by atoms with E-state index in [1.807, 2.05) is 0 Å². The molecule has 0 saturated carbocycles. The average Bonchev–Trinajstić information content (AvgIpc) is 2.78. The number of aromatic carboxylic acids is 1. The minimum absolute atomic E-state index is 0.116. The van der Waals surface area contributed by atoms with Crippen LogP contribution in [0.25, 0.3) is 0 Å². The Hall–Kier alpha value is -3.36. The number of benzene rings is 1. The van der Waals surface area contributed by atoms with Gasteiger partial charge in [-0.3, -0.25) is 0 Å². The van der Waals surface area contributed by atoms with Gasteiger partial charge in [0.1, 0.15) is 11.7 Å². The predicted octanol–water partition coefficient (Wildman–Crippen LogP) is 6.05. The first kappa shape index (κ1) is 23.8. The monoisotopic (exact) mass is 475 g/mol. The van der Waals surface area contributed by atoms with Crippen LogP contribution in [0.15, 0.2) is 70.5 Å². The van der Waals surface area contributed by atoms with Crippen molar-refractivity contribution in [3.05, 3.63) is 76.9 Å². The standard InChI is InChI=1S/C25H25F4N3O2/c1-14-10-19(22(25(27,28)29)30-20-9-8-17(26)12-18(20)24(33)34)23-31-21(11-15(2)32(23)13-14)16-6-4-3-5-7-16/h6,8-12,14,22,30H,2-5,7,13H2,1H3,(H,33,34)/t14?,22-/m0/s1. The molecule has 34 heavy (non-hydrogen) atoms. The van der Waals surface area contributed by atoms with Crippen LogP contribution in [0.1, 0.15) is 43.0 Å². The molecule has 0 amide bonds. The van der Waals surface area contributed by atoms with E-state index in [4.69, 9.17) is 0 Å². The minimum atomic E-state index is -4.78. The van der Waals surface area contributed by atoms with Crippen LogP contribution in [0.3, 0.4) is 0 Å². The maximum absolute atomic E-state index is 14.4. The first-order chi connectivity index (χ1) is 16.0. The molecular formula is C25H25F4N3O2. The van der Waals surface area contributed by atoms with E-state index in [-0.39, 0.29) is 23.0 Å². The number of alkyl halides is 3. The average molecular weight is 475 g/mol. The lowest BCUT2D eigenvalue weighted by atomic mass is 9.91. The van der Waals surface area contributed by atoms with Crippen molar-refractivity contribution < 1.29 is 27.5 Å². The van der Waals surface area contributed by atoms with Crippen molar-refractivity contribution in [2.24, 2.45) is 10.9 Å². The second-order valence-corrected chi connectivity index (χ2v) is 8.76. The molecule has 1 aromatic rings. The maximum atomic E-state index is 14.4. The molecule has 0 aromatic heterocycles. The molecule has 0 fully saturated rings. The van der Waals surface area contributed by atoms with Gasteiger partial charge in [-0.05, 0) is 61.4 Å². The number of hydrogen-bond acceptors (Lipinski definition) is 4. The summed E-state index contributed by atoms with van der Waals surface area (Å²) in [6, 6.07) is 0.357. The Balaban J connectivity index is 1.79. The molecule has 1 aromatic carbocycles. The first-order valence-electron chi connectivity index (χ1n) is 11.1. The van der Waals surface area contributed by atoms with Gasteiger partial charge in [-0.1, -0.05) is 25.7 Å². The number of aliphatic imine (C=N–C) groups is 1. The van der Waals surface area contributed by atoms with Crippen molar-refractivity contribution in [2.75, 3.05) is 11.9 Å². The lowest BCUT2D eigenvalue weighted by Gasteiger charge is -2.40. The van der Waals surface area contributed by atoms with Gasteiger partial charge in [0.05, 0.1) is 11.3 Å². The van der Waals surface area contributed by atoms with Crippen LogP contribution in [0.2, 0.25) is 0 Å². The lowest BCUT2D eigenvalue weighted by Crippen LogP contribution is -2.48. The van der Waals surface area contributed by atoms with Gasteiger partial charge in [-0.15, -0.1) is 0 Å². The van der Waals surface area contributed by atoms with Crippen LogP contribution in [-0.2, 0) is 0 Å². The molecule has 3 aliphatic rings. The number of fused-ring (bicyclic) bond motifs is 1. The number of hydrogen-bond donors (Lipinski definition) is 2. The number of carboxylic acids is 1. The molecule has 5 nitrogen and oxygen atoms in total. The zero-order chi connectivity index (χ0) is 24.6. The summed E-state index contributed by atoms with van der Waals surface area (Å²) in [5.74, 6) is -2.49. The van der Waals surface area contributed by atoms with Crippen LogP contribution in [0.5, 0.6) is 0 Å². The van der Waals surface area contributed by atoms with Gasteiger partial charge in [0, 0.05) is 23.5 Å². The van der Waals surface area contributed by atoms with E-state index in [0.29, 0.717) is 24.0 Å². The van der Waals surface area contributed by atoms with E-state index in [1.165, 1.54) is 6.08 Å². The summed E-state index contributed by atoms with van der Waals surface area (Å²) in [6.45, 7) is 6.27. The van der Waals surface area contributed by atoms with Crippen molar-refractivity contribution in [3.8, 4) is 0 Å². The molecule has 4 rings (SSSR count). The molecule has 0 bridgehead atoms. The minimum Gasteiger partial charge on any atom is -0.478 e. The molecule has 1 aliphatic carbocycles. The van der Waals surface area contributed by atoms with Crippen molar-refractivity contribution in [1.82, 2.24) is 4.90 Å². The summed E-state index contributed by atoms with van der Waals surface area (Å²) >= 11 is 0. The molecule has 1 unspecified atom stereocenters. The number of anilines is 1. The predicted molar refractivity (Wildman–Crippen MR) is 122 cm³/mol. The second kappa shape index (κ2) is 9.12. The van der Waals surface area contributed by atoms with Gasteiger partial charge in [0.25, 0.3) is 0 Å². The van der Waals surface area contributed by atoms with Crippen LogP contribution >= 0.6 is 0 Å². The second-order valence-electron chi connectivity index (χ2n) is 8.76. The number of nitrogens with one attached hydrogen (secondary N) is 1. The number of halogens is 4. The van der Waals surface area contributed by atoms with Gasteiger partial charge in [-0.25, -0.2) is 14.2 Å². The van der Waals surface area contributed by atoms with Crippen molar-refractivity contribution in [1.29, 1.82) is 0 Å². The lowest BCUT2D eigenvalue weighted by molar-refractivity contribution is -0.133. The van der Waals surface area contributed by atoms with Crippen LogP contribution < -0.4 is 5.32 Å². The Morgan fingerprint density at radius 1 is 1.32 bits per heavy atom. The van der Waals surface area contributed by atoms with Gasteiger partial charge in [0.15, 0.2) is 6.04 Å². The SMILES string of the molecule is C=C1C=C(C2=CCCCC2)N=C2C([C@H](Nc3ccc(F)cc3C(=O)O)C(F)(F)F)=CC(C)CN12. The summed E-state index contributed by atoms with van der Waals surface area (Å²) in [7, 11) is 0. The fourth-order valence-electron chi connectivity index (χ4n) is 4.50. The molecule has 2 atom stereocenters. The molecule has 2 aliphatic heterocycles. The maximum Gasteiger partial charge on any atom is 0.412 e. The van der Waals surface area contributed by atoms with Crippen molar-refractivity contribution in [3.63, 3.8) is 0 Å². The molecule has 0 saturated heterocycles. The van der Waals surface area contributed by atoms with E-state index < -0.39 is 29.6 Å². The molecule has 180 valence electrons. The fraction of sp³-hybridized carbons (Fsp3) is 0.360. The van der Waals surface area contributed by atoms with Gasteiger partial charge >= 0.3 is 12.1 Å². The van der Waals surface area contributed by atoms with Crippen LogP contribution in [0.4, 0.5) is 23.2 Å². The quantitative estimate of drug-likeness (QED) is 0.509. The topological polar surface area (TPSA) is 64.9 Å². The van der Waals surface area contributed by atoms with Gasteiger partial charge in [0.2, 0.25) is 0 Å². The smallest absolute Gasteiger partial charge is 0.412 e. The van der Waals surface area contributed by atoms with Crippen LogP contribution in [0, 0.1) is 11.7 Å². The molecule has 2 N–H and O–H groups in total. The number of carboxylic acid groups (broad SMARTS) is 1. The van der Waals surface area contributed by atoms with Crippen LogP contribution in [-0.4, -0.2) is 40.6 Å². The van der Waals surface area contributed by atoms with Crippen molar-refractivity contribution >= 4 is 17.5 Å². The van der Waals surface area contributed by atoms with Gasteiger partial charge < -0.3 is 15.3 Å². The number of nitrogens with zero attached hydrogens (tertiary/aromatic N) is 2. The zero-order valence-corrected chi connectivity index (χ0v) is 18.6. The summed E-state index contributed by atoms with van der Waals surface area (Å²) in [5, 5.41) is 11.7. The normalized spacial score (nSPS) is 21.6. The molecular weight excluding hydrogens is 450 g/mol. The summed E-state index contributed by atoms with van der Waals surface area (Å²) in [6.07, 6.45) is 4.32. The highest BCUT2D eigenvalue weighted by molar-refractivity contribution is 6.04. The zero-order valence-electron chi connectivity index (χ0n) is 18.6. The third-order valence-corrected chi connectivity index (χ3v) is 6.10. The number of rotatable bonds is 5. The van der Waals surface area contributed by atoms with E-state index in [1.54, 1.807) is 17.9 Å². The fourth-order valence-corrected chi connectivity index (χ4v) is 4.50. The Bertz CT molecular complexity index is 1150. The third-order valence-electron chi connectivity index (χ3n) is 6.10. The molecule has 0 spiro atoms. The number of amidine groups is 1. The Morgan fingerprint density at radius 2 is 2.09 bits per heavy atom. The summed E-state index contributed by atoms with van der Waals surface area (Å²) in [5.41, 5.74) is 1.11. The Morgan fingerprint density at radius 3 is 2.74 bits per heavy atom. The van der Waals surface area contributed by atoms with Crippen molar-refractivity contribution in [2.45, 2.75) is 44.8 Å². The van der Waals surface area contributed by atoms with E-state index in [0.717, 1.165) is 43.4 Å². The number of allylic oxidation sites excluding steroid dienone is 3. The highest BCUT2D eigenvalue weighted by atomic mass is 19.4. The number of carbonyl (C=O) groups is 1. The van der Waals surface area contributed by atoms with Gasteiger partial charge in [-0.2, -0.15) is 13.2 Å². The highest BCUT2D eigenvalue weighted by Crippen LogP contribution is 2.38. The van der Waals surface area contributed by atoms with E-state index in [9.17, 15) is 27.5 Å². The molecule has 0 radical (unpaired) electrons. The highest BCUT2D eigenvalue weighted by Gasteiger charge is 2.47. The van der Waals surface area contributed by atoms with E-state index in [2.05, 4.69) is 23.0 Å². The summed E-state index contributed by atoms with van der Waals surface area (Å²) < 4.78 is 56.8. The van der Waals surface area contributed by atoms with E-state index >= 15 is 0 Å². The first-order valence-corrected chi connectivity index (χ1v) is 11.1. The molecule has 2 heterocycles. The Labute approximate surface area is 194 Å². The third kappa shape index (κ3) is 4.78. The summed E-state index contributed by atoms with van der Waals surface area (Å²) in [4.78, 5) is 17.9. The largest absolute Gasteiger partial charge is 0.478 e. The Kier molecular flexibility index (Phi) is 6.38. The molecule has 9 heteroatoms.